The number of hydrogen-bond acceptors (Lipinski definition) is 9. The van der Waals surface area contributed by atoms with Crippen molar-refractivity contribution in [2.24, 2.45) is 14.1 Å². The van der Waals surface area contributed by atoms with Crippen LogP contribution in [0.3, 0.4) is 0 Å². The number of methoxy groups -OCH3 is 1. The fourth-order valence-corrected chi connectivity index (χ4v) is 6.42. The number of halogens is 2. The predicted octanol–water partition coefficient (Wildman–Crippen LogP) is 3.11. The molecule has 0 spiro atoms. The van der Waals surface area contributed by atoms with Gasteiger partial charge in [-0.2, -0.15) is 5.10 Å². The minimum atomic E-state index is -0.830. The Morgan fingerprint density at radius 2 is 1.78 bits per heavy atom. The maximum absolute atomic E-state index is 13.0. The minimum Gasteiger partial charge on any atom is -0.481 e. The fraction of sp³-hybridized carbons (Fsp3) is 0.323. The number of anilines is 1. The van der Waals surface area contributed by atoms with Crippen molar-refractivity contribution in [3.05, 3.63) is 90.2 Å². The number of ether oxygens (including phenoxy) is 2. The zero-order chi connectivity index (χ0) is 32.0. The Labute approximate surface area is 267 Å². The molecule has 234 valence electrons. The summed E-state index contributed by atoms with van der Waals surface area (Å²) in [5.41, 5.74) is 2.75. The van der Waals surface area contributed by atoms with Gasteiger partial charge >= 0.3 is 5.69 Å². The van der Waals surface area contributed by atoms with Gasteiger partial charge in [0.25, 0.3) is 11.5 Å². The molecule has 45 heavy (non-hydrogen) atoms. The molecule has 1 saturated heterocycles. The van der Waals surface area contributed by atoms with E-state index in [1.807, 2.05) is 24.3 Å². The molecule has 0 saturated carbocycles. The standard InChI is InChI=1S/C31H30Cl2N6O6/c1-38-30(42)27(37-39(2)31(38)43)28(41)35-20-9-5-7-17(26(20)33)16-6-4-8-18(25(16)32)21-12-15-10-11-19(24(15)29(36-21)44-3)34-22-13-45-14-23(22)40/h4-9,12,19,22-23,34,40H,10-11,13-14H2,1-3H3,(H,35,41)/t19?,22-,23-/m1/s1. The van der Waals surface area contributed by atoms with Crippen LogP contribution in [0.2, 0.25) is 10.0 Å². The molecule has 4 aromatic rings. The Morgan fingerprint density at radius 3 is 2.49 bits per heavy atom. The molecule has 2 aromatic heterocycles. The molecule has 0 radical (unpaired) electrons. The number of carbonyl (C=O) groups is 1. The van der Waals surface area contributed by atoms with Gasteiger partial charge in [-0.3, -0.25) is 14.2 Å². The monoisotopic (exact) mass is 652 g/mol. The number of aliphatic hydroxyl groups is 1. The molecule has 3 heterocycles. The van der Waals surface area contributed by atoms with Crippen molar-refractivity contribution >= 4 is 34.8 Å². The lowest BCUT2D eigenvalue weighted by Crippen LogP contribution is -2.43. The van der Waals surface area contributed by atoms with Crippen LogP contribution in [0.15, 0.2) is 52.1 Å². The Hall–Kier alpha value is -4.07. The van der Waals surface area contributed by atoms with E-state index >= 15 is 0 Å². The molecule has 12 nitrogen and oxygen atoms in total. The summed E-state index contributed by atoms with van der Waals surface area (Å²) >= 11 is 13.8. The molecule has 1 aliphatic heterocycles. The van der Waals surface area contributed by atoms with Crippen molar-refractivity contribution in [1.29, 1.82) is 0 Å². The average Bonchev–Trinajstić information content (AvgIpc) is 3.64. The van der Waals surface area contributed by atoms with Crippen LogP contribution in [0.4, 0.5) is 5.69 Å². The summed E-state index contributed by atoms with van der Waals surface area (Å²) in [5.74, 6) is -0.337. The summed E-state index contributed by atoms with van der Waals surface area (Å²) in [4.78, 5) is 42.4. The summed E-state index contributed by atoms with van der Waals surface area (Å²) in [6, 6.07) is 12.4. The summed E-state index contributed by atoms with van der Waals surface area (Å²) in [6.45, 7) is 0.755. The van der Waals surface area contributed by atoms with E-state index in [1.54, 1.807) is 25.3 Å². The first-order valence-corrected chi connectivity index (χ1v) is 15.0. The maximum atomic E-state index is 13.0. The Morgan fingerprint density at radius 1 is 1.07 bits per heavy atom. The second-order valence-electron chi connectivity index (χ2n) is 11.0. The Kier molecular flexibility index (Phi) is 8.51. The molecular weight excluding hydrogens is 623 g/mol. The number of benzene rings is 2. The van der Waals surface area contributed by atoms with Crippen LogP contribution in [0.25, 0.3) is 22.4 Å². The van der Waals surface area contributed by atoms with Crippen molar-refractivity contribution < 1.29 is 19.4 Å². The number of nitrogens with zero attached hydrogens (tertiary/aromatic N) is 4. The molecule has 2 aliphatic rings. The number of amides is 1. The van der Waals surface area contributed by atoms with Crippen molar-refractivity contribution in [3.8, 4) is 28.3 Å². The third-order valence-corrected chi connectivity index (χ3v) is 8.98. The van der Waals surface area contributed by atoms with Gasteiger partial charge in [-0.15, -0.1) is 0 Å². The van der Waals surface area contributed by atoms with E-state index in [0.717, 1.165) is 33.2 Å². The van der Waals surface area contributed by atoms with E-state index < -0.39 is 29.0 Å². The zero-order valence-corrected chi connectivity index (χ0v) is 26.1. The minimum absolute atomic E-state index is 0.0347. The molecule has 0 bridgehead atoms. The number of aromatic nitrogens is 4. The predicted molar refractivity (Wildman–Crippen MR) is 169 cm³/mol. The molecule has 1 unspecified atom stereocenters. The number of aryl methyl sites for hydroxylation is 2. The summed E-state index contributed by atoms with van der Waals surface area (Å²) in [6.07, 6.45) is 1.05. The molecular formula is C31H30Cl2N6O6. The molecule has 3 N–H and O–H groups in total. The van der Waals surface area contributed by atoms with Crippen molar-refractivity contribution in [2.75, 3.05) is 25.6 Å². The van der Waals surface area contributed by atoms with Crippen LogP contribution in [-0.2, 0) is 25.3 Å². The average molecular weight is 654 g/mol. The van der Waals surface area contributed by atoms with Gasteiger partial charge in [0, 0.05) is 42.4 Å². The molecule has 1 aliphatic carbocycles. The van der Waals surface area contributed by atoms with E-state index in [0.29, 0.717) is 46.5 Å². The highest BCUT2D eigenvalue weighted by Crippen LogP contribution is 2.44. The van der Waals surface area contributed by atoms with Gasteiger partial charge in [0.15, 0.2) is 0 Å². The molecule has 1 amide bonds. The maximum Gasteiger partial charge on any atom is 0.346 e. The normalized spacial score (nSPS) is 19.0. The molecule has 1 fully saturated rings. The van der Waals surface area contributed by atoms with Crippen LogP contribution in [0, 0.1) is 0 Å². The van der Waals surface area contributed by atoms with Crippen LogP contribution in [-0.4, -0.2) is 62.8 Å². The third kappa shape index (κ3) is 5.64. The van der Waals surface area contributed by atoms with E-state index in [4.69, 9.17) is 37.7 Å². The van der Waals surface area contributed by atoms with Gasteiger partial charge in [0.05, 0.1) is 53.9 Å². The smallest absolute Gasteiger partial charge is 0.346 e. The second-order valence-corrected chi connectivity index (χ2v) is 11.7. The first-order valence-electron chi connectivity index (χ1n) is 14.2. The van der Waals surface area contributed by atoms with Crippen LogP contribution >= 0.6 is 23.2 Å². The Balaban J connectivity index is 1.32. The highest BCUT2D eigenvalue weighted by atomic mass is 35.5. The van der Waals surface area contributed by atoms with Crippen molar-refractivity contribution in [3.63, 3.8) is 0 Å². The molecule has 6 rings (SSSR count). The highest BCUT2D eigenvalue weighted by molar-refractivity contribution is 6.39. The van der Waals surface area contributed by atoms with E-state index in [1.165, 1.54) is 14.1 Å². The van der Waals surface area contributed by atoms with Gasteiger partial charge in [-0.1, -0.05) is 53.5 Å². The lowest BCUT2D eigenvalue weighted by atomic mass is 9.99. The first-order chi connectivity index (χ1) is 21.6. The van der Waals surface area contributed by atoms with E-state index in [2.05, 4.69) is 15.7 Å². The fourth-order valence-electron chi connectivity index (χ4n) is 5.82. The van der Waals surface area contributed by atoms with Crippen LogP contribution in [0.5, 0.6) is 5.88 Å². The number of pyridine rings is 1. The van der Waals surface area contributed by atoms with Gasteiger partial charge in [-0.25, -0.2) is 14.5 Å². The largest absolute Gasteiger partial charge is 0.481 e. The summed E-state index contributed by atoms with van der Waals surface area (Å²) in [5, 5.41) is 20.8. The zero-order valence-electron chi connectivity index (χ0n) is 24.6. The lowest BCUT2D eigenvalue weighted by molar-refractivity contribution is 0.101. The third-order valence-electron chi connectivity index (χ3n) is 8.17. The number of fused-ring (bicyclic) bond motifs is 1. The SMILES string of the molecule is COc1nc(-c2cccc(-c3cccc(NC(=O)c4nn(C)c(=O)n(C)c4=O)c3Cl)c2Cl)cc2c1C(N[C@@H]1COC[C@H]1O)CC2. The highest BCUT2D eigenvalue weighted by Gasteiger charge is 2.34. The number of aliphatic hydroxyl groups excluding tert-OH is 1. The second kappa shape index (κ2) is 12.4. The number of carbonyl (C=O) groups excluding carboxylic acids is 1. The van der Waals surface area contributed by atoms with Crippen molar-refractivity contribution in [2.45, 2.75) is 31.0 Å². The van der Waals surface area contributed by atoms with Gasteiger partial charge in [-0.05, 0) is 30.5 Å². The molecule has 2 aromatic carbocycles. The van der Waals surface area contributed by atoms with E-state index in [-0.39, 0.29) is 22.8 Å². The van der Waals surface area contributed by atoms with Crippen LogP contribution in [0.1, 0.15) is 34.1 Å². The summed E-state index contributed by atoms with van der Waals surface area (Å²) in [7, 11) is 4.19. The topological polar surface area (TPSA) is 150 Å². The van der Waals surface area contributed by atoms with Gasteiger partial charge in [0.2, 0.25) is 11.6 Å². The van der Waals surface area contributed by atoms with Gasteiger partial charge in [0.1, 0.15) is 0 Å². The quantitative estimate of drug-likeness (QED) is 0.274. The van der Waals surface area contributed by atoms with E-state index in [9.17, 15) is 19.5 Å². The lowest BCUT2D eigenvalue weighted by Gasteiger charge is -2.22. The Bertz CT molecular complexity index is 1940. The molecule has 3 atom stereocenters. The number of nitrogens with one attached hydrogen (secondary N) is 2. The van der Waals surface area contributed by atoms with Gasteiger partial charge < -0.3 is 25.2 Å². The van der Waals surface area contributed by atoms with Crippen molar-refractivity contribution in [1.82, 2.24) is 24.6 Å². The first kappa shape index (κ1) is 30.9. The number of rotatable bonds is 7. The van der Waals surface area contributed by atoms with Crippen LogP contribution < -0.4 is 26.6 Å². The number of hydrogen-bond donors (Lipinski definition) is 3. The summed E-state index contributed by atoms with van der Waals surface area (Å²) < 4.78 is 12.9. The molecule has 14 heteroatoms.